The van der Waals surface area contributed by atoms with Crippen LogP contribution < -0.4 is 4.74 Å². The molecule has 3 aromatic heterocycles. The highest BCUT2D eigenvalue weighted by Gasteiger charge is 2.28. The normalized spacial score (nSPS) is 11.6. The van der Waals surface area contributed by atoms with E-state index in [1.54, 1.807) is 36.8 Å². The molecule has 4 aromatic rings. The summed E-state index contributed by atoms with van der Waals surface area (Å²) in [6, 6.07) is 10.5. The van der Waals surface area contributed by atoms with Crippen molar-refractivity contribution in [3.63, 3.8) is 0 Å². The number of nitrogens with zero attached hydrogens (tertiary/aromatic N) is 5. The van der Waals surface area contributed by atoms with Gasteiger partial charge < -0.3 is 9.30 Å². The van der Waals surface area contributed by atoms with E-state index in [-0.39, 0.29) is 5.75 Å². The minimum Gasteiger partial charge on any atom is -0.484 e. The molecule has 0 atom stereocenters. The van der Waals surface area contributed by atoms with E-state index >= 15 is 0 Å². The fourth-order valence-electron chi connectivity index (χ4n) is 3.15. The van der Waals surface area contributed by atoms with Crippen LogP contribution in [0, 0.1) is 6.92 Å². The van der Waals surface area contributed by atoms with Crippen LogP contribution in [0.2, 0.25) is 0 Å². The van der Waals surface area contributed by atoms with Crippen LogP contribution in [0.4, 0.5) is 13.2 Å². The van der Waals surface area contributed by atoms with E-state index in [4.69, 9.17) is 4.74 Å². The maximum absolute atomic E-state index is 12.5. The standard InChI is InChI=1S/C21H19F3N6O/c1-14-20(28-29-27-14)16-6-8-25-17(10-16)18-11-30(13-26-18)9-7-15-4-2-3-5-19(15)31-12-21(22,23)24/h2-6,8,10-11,13H,7,9,12H2,1H3,(H,27,28,29). The lowest BCUT2D eigenvalue weighted by Crippen LogP contribution is -2.19. The van der Waals surface area contributed by atoms with Gasteiger partial charge in [0.25, 0.3) is 0 Å². The van der Waals surface area contributed by atoms with Gasteiger partial charge in [-0.1, -0.05) is 18.2 Å². The molecule has 0 saturated heterocycles. The third-order valence-corrected chi connectivity index (χ3v) is 4.65. The smallest absolute Gasteiger partial charge is 0.422 e. The molecule has 0 saturated carbocycles. The van der Waals surface area contributed by atoms with Crippen molar-refractivity contribution < 1.29 is 17.9 Å². The number of alkyl halides is 3. The van der Waals surface area contributed by atoms with Crippen LogP contribution in [0.25, 0.3) is 22.6 Å². The molecule has 0 bridgehead atoms. The van der Waals surface area contributed by atoms with Crippen molar-refractivity contribution in [2.24, 2.45) is 0 Å². The van der Waals surface area contributed by atoms with E-state index < -0.39 is 12.8 Å². The third kappa shape index (κ3) is 5.08. The zero-order valence-electron chi connectivity index (χ0n) is 16.6. The summed E-state index contributed by atoms with van der Waals surface area (Å²) in [7, 11) is 0. The van der Waals surface area contributed by atoms with Gasteiger partial charge in [0.15, 0.2) is 6.61 Å². The molecule has 0 amide bonds. The van der Waals surface area contributed by atoms with Gasteiger partial charge in [0.05, 0.1) is 17.7 Å². The van der Waals surface area contributed by atoms with Gasteiger partial charge in [0.2, 0.25) is 0 Å². The first kappa shape index (κ1) is 20.6. The number of H-pyrrole nitrogens is 1. The molecule has 3 heterocycles. The van der Waals surface area contributed by atoms with Crippen molar-refractivity contribution in [3.05, 3.63) is 66.4 Å². The molecule has 1 aromatic carbocycles. The van der Waals surface area contributed by atoms with Crippen LogP contribution in [-0.4, -0.2) is 42.7 Å². The lowest BCUT2D eigenvalue weighted by atomic mass is 10.1. The number of aromatic nitrogens is 6. The maximum Gasteiger partial charge on any atom is 0.422 e. The molecule has 10 heteroatoms. The van der Waals surface area contributed by atoms with Gasteiger partial charge in [-0.2, -0.15) is 28.6 Å². The van der Waals surface area contributed by atoms with Crippen molar-refractivity contribution >= 4 is 0 Å². The van der Waals surface area contributed by atoms with Crippen LogP contribution in [0.5, 0.6) is 5.75 Å². The Balaban J connectivity index is 1.46. The van der Waals surface area contributed by atoms with Gasteiger partial charge in [-0.15, -0.1) is 0 Å². The van der Waals surface area contributed by atoms with Gasteiger partial charge in [-0.3, -0.25) is 4.98 Å². The zero-order chi connectivity index (χ0) is 21.8. The lowest BCUT2D eigenvalue weighted by Gasteiger charge is -2.13. The van der Waals surface area contributed by atoms with E-state index in [2.05, 4.69) is 25.4 Å². The minimum absolute atomic E-state index is 0.234. The van der Waals surface area contributed by atoms with Crippen LogP contribution in [-0.2, 0) is 13.0 Å². The predicted molar refractivity (Wildman–Crippen MR) is 107 cm³/mol. The molecule has 0 aliphatic heterocycles. The van der Waals surface area contributed by atoms with Crippen molar-refractivity contribution in [1.82, 2.24) is 29.9 Å². The molecule has 160 valence electrons. The molecule has 0 aliphatic carbocycles. The fraction of sp³-hybridized carbons (Fsp3) is 0.238. The Morgan fingerprint density at radius 2 is 1.90 bits per heavy atom. The van der Waals surface area contributed by atoms with E-state index in [0.29, 0.717) is 29.9 Å². The monoisotopic (exact) mass is 428 g/mol. The first-order chi connectivity index (χ1) is 14.9. The Bertz CT molecular complexity index is 1170. The number of imidazole rings is 1. The minimum atomic E-state index is -4.38. The largest absolute Gasteiger partial charge is 0.484 e. The summed E-state index contributed by atoms with van der Waals surface area (Å²) >= 11 is 0. The molecule has 0 unspecified atom stereocenters. The number of rotatable bonds is 7. The predicted octanol–water partition coefficient (Wildman–Crippen LogP) is 4.22. The number of aryl methyl sites for hydroxylation is 3. The van der Waals surface area contributed by atoms with Crippen molar-refractivity contribution in [2.45, 2.75) is 26.1 Å². The van der Waals surface area contributed by atoms with Gasteiger partial charge in [0.1, 0.15) is 17.1 Å². The summed E-state index contributed by atoms with van der Waals surface area (Å²) in [6.45, 7) is 1.08. The van der Waals surface area contributed by atoms with E-state index in [9.17, 15) is 13.2 Å². The second-order valence-corrected chi connectivity index (χ2v) is 6.95. The number of nitrogens with one attached hydrogen (secondary N) is 1. The second kappa shape index (κ2) is 8.58. The molecule has 0 fully saturated rings. The Morgan fingerprint density at radius 1 is 1.06 bits per heavy atom. The molecule has 31 heavy (non-hydrogen) atoms. The summed E-state index contributed by atoms with van der Waals surface area (Å²) in [5.74, 6) is 0.234. The zero-order valence-corrected chi connectivity index (χ0v) is 16.6. The van der Waals surface area contributed by atoms with E-state index in [1.807, 2.05) is 29.8 Å². The molecule has 7 nitrogen and oxygen atoms in total. The number of aromatic amines is 1. The quantitative estimate of drug-likeness (QED) is 0.477. The summed E-state index contributed by atoms with van der Waals surface area (Å²) < 4.78 is 44.2. The average molecular weight is 428 g/mol. The topological polar surface area (TPSA) is 81.5 Å². The van der Waals surface area contributed by atoms with E-state index in [0.717, 1.165) is 17.0 Å². The number of hydrogen-bond donors (Lipinski definition) is 1. The molecule has 0 radical (unpaired) electrons. The number of ether oxygens (including phenoxy) is 1. The third-order valence-electron chi connectivity index (χ3n) is 4.65. The first-order valence-corrected chi connectivity index (χ1v) is 9.52. The molecule has 0 aliphatic rings. The molecule has 1 N–H and O–H groups in total. The molecular formula is C21H19F3N6O. The Kier molecular flexibility index (Phi) is 5.70. The number of para-hydroxylation sites is 1. The number of benzene rings is 1. The van der Waals surface area contributed by atoms with Crippen molar-refractivity contribution in [3.8, 4) is 28.4 Å². The Morgan fingerprint density at radius 3 is 2.68 bits per heavy atom. The highest BCUT2D eigenvalue weighted by Crippen LogP contribution is 2.25. The van der Waals surface area contributed by atoms with Gasteiger partial charge in [0, 0.05) is 24.5 Å². The van der Waals surface area contributed by atoms with Crippen LogP contribution in [0.1, 0.15) is 11.3 Å². The van der Waals surface area contributed by atoms with Crippen LogP contribution in [0.3, 0.4) is 0 Å². The highest BCUT2D eigenvalue weighted by atomic mass is 19.4. The SMILES string of the molecule is Cc1n[nH]nc1-c1ccnc(-c2cn(CCc3ccccc3OCC(F)(F)F)cn2)c1. The summed E-state index contributed by atoms with van der Waals surface area (Å²) in [6.07, 6.45) is 1.32. The maximum atomic E-state index is 12.5. The first-order valence-electron chi connectivity index (χ1n) is 9.52. The van der Waals surface area contributed by atoms with Gasteiger partial charge in [-0.05, 0) is 37.1 Å². The van der Waals surface area contributed by atoms with Crippen LogP contribution in [0.15, 0.2) is 55.1 Å². The summed E-state index contributed by atoms with van der Waals surface area (Å²) in [4.78, 5) is 8.79. The molecular weight excluding hydrogens is 409 g/mol. The molecule has 4 rings (SSSR count). The fourth-order valence-corrected chi connectivity index (χ4v) is 3.15. The summed E-state index contributed by atoms with van der Waals surface area (Å²) in [5.41, 5.74) is 4.48. The number of halogens is 3. The summed E-state index contributed by atoms with van der Waals surface area (Å²) in [5, 5.41) is 10.8. The average Bonchev–Trinajstić information content (AvgIpc) is 3.40. The van der Waals surface area contributed by atoms with Gasteiger partial charge in [-0.25, -0.2) is 4.98 Å². The Hall–Kier alpha value is -3.69. The highest BCUT2D eigenvalue weighted by molar-refractivity contribution is 5.67. The Labute approximate surface area is 175 Å². The second-order valence-electron chi connectivity index (χ2n) is 6.95. The van der Waals surface area contributed by atoms with E-state index in [1.165, 1.54) is 0 Å². The van der Waals surface area contributed by atoms with Crippen molar-refractivity contribution in [2.75, 3.05) is 6.61 Å². The molecule has 0 spiro atoms. The van der Waals surface area contributed by atoms with Gasteiger partial charge >= 0.3 is 6.18 Å². The van der Waals surface area contributed by atoms with Crippen molar-refractivity contribution in [1.29, 1.82) is 0 Å². The number of pyridine rings is 1. The number of hydrogen-bond acceptors (Lipinski definition) is 5. The van der Waals surface area contributed by atoms with Crippen LogP contribution >= 0.6 is 0 Å². The lowest BCUT2D eigenvalue weighted by molar-refractivity contribution is -0.153.